The van der Waals surface area contributed by atoms with E-state index in [9.17, 15) is 0 Å². The van der Waals surface area contributed by atoms with E-state index in [0.29, 0.717) is 17.5 Å². The molecule has 0 amide bonds. The third-order valence-corrected chi connectivity index (χ3v) is 12.0. The lowest BCUT2D eigenvalue weighted by atomic mass is 9.85. The van der Waals surface area contributed by atoms with Crippen molar-refractivity contribution in [2.75, 3.05) is 0 Å². The molecule has 0 unspecified atom stereocenters. The minimum absolute atomic E-state index is 0.351. The molecule has 0 saturated heterocycles. The highest BCUT2D eigenvalue weighted by molar-refractivity contribution is 7.73. The van der Waals surface area contributed by atoms with Crippen LogP contribution in [0.1, 0.15) is 59.1 Å². The Kier molecular flexibility index (Phi) is 8.02. The maximum Gasteiger partial charge on any atom is 0.000353 e. The standard InChI is InChI=1S/C41H41P/c1-27-19-28(2)22-39(21-27)42(40-23-29(3)20-30(4)24-40)41(31(5)35-17-15-33-11-7-9-13-37(33)25-35)32(6)36-18-16-34-12-8-10-14-38(34)26-36/h7-26,31-32,41H,1-6H3/t31-,32-/m0/s1. The van der Waals surface area contributed by atoms with Crippen LogP contribution in [0.25, 0.3) is 21.5 Å². The fourth-order valence-electron chi connectivity index (χ4n) is 6.93. The lowest BCUT2D eigenvalue weighted by Gasteiger charge is -2.38. The fourth-order valence-corrected chi connectivity index (χ4v) is 10.5. The number of fused-ring (bicyclic) bond motifs is 2. The van der Waals surface area contributed by atoms with Gasteiger partial charge < -0.3 is 0 Å². The summed E-state index contributed by atoms with van der Waals surface area (Å²) < 4.78 is 0. The van der Waals surface area contributed by atoms with Gasteiger partial charge in [0.2, 0.25) is 0 Å². The SMILES string of the molecule is Cc1cc(C)cc(P(c2cc(C)cc(C)c2)C([C@@H](C)c2ccc3ccccc3c2)[C@@H](C)c2ccc3ccccc3c2)c1. The van der Waals surface area contributed by atoms with Gasteiger partial charge in [0.25, 0.3) is 0 Å². The molecule has 0 aromatic heterocycles. The second-order valence-corrected chi connectivity index (χ2v) is 14.7. The topological polar surface area (TPSA) is 0 Å². The van der Waals surface area contributed by atoms with Crippen molar-refractivity contribution in [3.8, 4) is 0 Å². The van der Waals surface area contributed by atoms with E-state index in [1.165, 1.54) is 65.5 Å². The van der Waals surface area contributed by atoms with Gasteiger partial charge in [-0.15, -0.1) is 0 Å². The first-order valence-electron chi connectivity index (χ1n) is 15.2. The van der Waals surface area contributed by atoms with Crippen molar-refractivity contribution in [3.05, 3.63) is 155 Å². The molecule has 6 aromatic rings. The number of aryl methyl sites for hydroxylation is 4. The Balaban J connectivity index is 1.58. The van der Waals surface area contributed by atoms with Gasteiger partial charge >= 0.3 is 0 Å². The van der Waals surface area contributed by atoms with Gasteiger partial charge in [0.05, 0.1) is 0 Å². The molecule has 0 nitrogen and oxygen atoms in total. The smallest absolute Gasteiger partial charge is 0.000353 e. The van der Waals surface area contributed by atoms with Crippen LogP contribution in [-0.4, -0.2) is 5.66 Å². The Labute approximate surface area is 253 Å². The van der Waals surface area contributed by atoms with Gasteiger partial charge in [-0.05, 0) is 90.7 Å². The number of rotatable bonds is 7. The fraction of sp³-hybridized carbons (Fsp3) is 0.220. The van der Waals surface area contributed by atoms with Crippen LogP contribution < -0.4 is 10.6 Å². The molecule has 0 bridgehead atoms. The summed E-state index contributed by atoms with van der Waals surface area (Å²) in [4.78, 5) is 0. The normalized spacial score (nSPS) is 13.2. The third-order valence-electron chi connectivity index (χ3n) is 8.89. The van der Waals surface area contributed by atoms with Crippen molar-refractivity contribution >= 4 is 40.1 Å². The van der Waals surface area contributed by atoms with Gasteiger partial charge in [0.15, 0.2) is 0 Å². The summed E-state index contributed by atoms with van der Waals surface area (Å²) in [7, 11) is -0.692. The second kappa shape index (κ2) is 11.9. The van der Waals surface area contributed by atoms with Crippen molar-refractivity contribution in [2.45, 2.75) is 59.0 Å². The average molecular weight is 565 g/mol. The number of hydrogen-bond donors (Lipinski definition) is 0. The van der Waals surface area contributed by atoms with E-state index in [1.54, 1.807) is 0 Å². The molecule has 0 fully saturated rings. The lowest BCUT2D eigenvalue weighted by molar-refractivity contribution is 0.607. The van der Waals surface area contributed by atoms with Crippen molar-refractivity contribution in [2.24, 2.45) is 0 Å². The van der Waals surface area contributed by atoms with Gasteiger partial charge in [0.1, 0.15) is 0 Å². The van der Waals surface area contributed by atoms with Crippen molar-refractivity contribution in [1.29, 1.82) is 0 Å². The van der Waals surface area contributed by atoms with Gasteiger partial charge in [-0.25, -0.2) is 0 Å². The Morgan fingerprint density at radius 2 is 0.762 bits per heavy atom. The third kappa shape index (κ3) is 5.79. The van der Waals surface area contributed by atoms with Crippen LogP contribution in [0.4, 0.5) is 0 Å². The minimum Gasteiger partial charge on any atom is -0.0616 e. The number of hydrogen-bond acceptors (Lipinski definition) is 0. The molecule has 0 heterocycles. The Bertz CT molecular complexity index is 1700. The molecule has 0 aliphatic rings. The Morgan fingerprint density at radius 1 is 0.405 bits per heavy atom. The van der Waals surface area contributed by atoms with Crippen LogP contribution in [-0.2, 0) is 0 Å². The summed E-state index contributed by atoms with van der Waals surface area (Å²) >= 11 is 0. The van der Waals surface area contributed by atoms with Crippen LogP contribution in [0.15, 0.2) is 121 Å². The summed E-state index contributed by atoms with van der Waals surface area (Å²) in [6, 6.07) is 46.3. The molecular formula is C41H41P. The molecule has 6 rings (SSSR count). The zero-order valence-corrected chi connectivity index (χ0v) is 26.6. The lowest BCUT2D eigenvalue weighted by Crippen LogP contribution is -2.31. The number of benzene rings is 6. The molecule has 0 aliphatic carbocycles. The van der Waals surface area contributed by atoms with Crippen LogP contribution >= 0.6 is 7.92 Å². The summed E-state index contributed by atoms with van der Waals surface area (Å²) in [5.41, 5.74) is 8.62. The Morgan fingerprint density at radius 3 is 1.14 bits per heavy atom. The van der Waals surface area contributed by atoms with Crippen molar-refractivity contribution in [3.63, 3.8) is 0 Å². The molecule has 42 heavy (non-hydrogen) atoms. The zero-order chi connectivity index (χ0) is 29.4. The highest BCUT2D eigenvalue weighted by Crippen LogP contribution is 2.53. The highest BCUT2D eigenvalue weighted by atomic mass is 31.1. The van der Waals surface area contributed by atoms with Gasteiger partial charge in [-0.3, -0.25) is 0 Å². The van der Waals surface area contributed by atoms with Crippen molar-refractivity contribution in [1.82, 2.24) is 0 Å². The summed E-state index contributed by atoms with van der Waals surface area (Å²) in [6.45, 7) is 14.0. The molecule has 1 heteroatoms. The molecule has 0 aliphatic heterocycles. The van der Waals surface area contributed by atoms with E-state index in [0.717, 1.165) is 0 Å². The highest BCUT2D eigenvalue weighted by Gasteiger charge is 2.35. The molecule has 0 radical (unpaired) electrons. The molecular weight excluding hydrogens is 523 g/mol. The molecule has 6 aromatic carbocycles. The van der Waals surface area contributed by atoms with Gasteiger partial charge in [-0.1, -0.05) is 157 Å². The molecule has 210 valence electrons. The van der Waals surface area contributed by atoms with E-state index in [-0.39, 0.29) is 0 Å². The summed E-state index contributed by atoms with van der Waals surface area (Å²) in [5, 5.41) is 8.22. The first kappa shape index (κ1) is 28.4. The van der Waals surface area contributed by atoms with E-state index >= 15 is 0 Å². The Hall–Kier alpha value is -3.73. The monoisotopic (exact) mass is 564 g/mol. The quantitative estimate of drug-likeness (QED) is 0.169. The molecule has 2 atom stereocenters. The van der Waals surface area contributed by atoms with Gasteiger partial charge in [0, 0.05) is 5.66 Å². The molecule has 0 N–H and O–H groups in total. The summed E-state index contributed by atoms with van der Waals surface area (Å²) in [6.07, 6.45) is 0. The maximum atomic E-state index is 2.48. The van der Waals surface area contributed by atoms with Crippen molar-refractivity contribution < 1.29 is 0 Å². The van der Waals surface area contributed by atoms with Crippen LogP contribution in [0.2, 0.25) is 0 Å². The predicted molar refractivity (Wildman–Crippen MR) is 187 cm³/mol. The first-order chi connectivity index (χ1) is 20.3. The minimum atomic E-state index is -0.692. The average Bonchev–Trinajstić information content (AvgIpc) is 2.97. The van der Waals surface area contributed by atoms with E-state index in [4.69, 9.17) is 0 Å². The van der Waals surface area contributed by atoms with E-state index in [2.05, 4.69) is 163 Å². The predicted octanol–water partition coefficient (Wildman–Crippen LogP) is 10.6. The van der Waals surface area contributed by atoms with Gasteiger partial charge in [-0.2, -0.15) is 0 Å². The molecule has 0 spiro atoms. The second-order valence-electron chi connectivity index (χ2n) is 12.3. The van der Waals surface area contributed by atoms with E-state index in [1.807, 2.05) is 0 Å². The molecule has 0 saturated carbocycles. The summed E-state index contributed by atoms with van der Waals surface area (Å²) in [5.74, 6) is 0.702. The first-order valence-corrected chi connectivity index (χ1v) is 16.6. The van der Waals surface area contributed by atoms with Crippen LogP contribution in [0, 0.1) is 27.7 Å². The van der Waals surface area contributed by atoms with Crippen LogP contribution in [0.3, 0.4) is 0 Å². The maximum absolute atomic E-state index is 2.48. The van der Waals surface area contributed by atoms with Crippen LogP contribution in [0.5, 0.6) is 0 Å². The largest absolute Gasteiger partial charge is 0.0616 e. The van der Waals surface area contributed by atoms with E-state index < -0.39 is 7.92 Å². The zero-order valence-electron chi connectivity index (χ0n) is 25.7.